The first-order chi connectivity index (χ1) is 9.95. The van der Waals surface area contributed by atoms with Crippen molar-refractivity contribution in [2.75, 3.05) is 6.54 Å². The fraction of sp³-hybridized carbons (Fsp3) is 0.294. The molecule has 1 N–H and O–H groups in total. The Morgan fingerprint density at radius 2 is 1.81 bits per heavy atom. The highest BCUT2D eigenvalue weighted by Gasteiger charge is 2.21. The van der Waals surface area contributed by atoms with E-state index in [0.29, 0.717) is 12.1 Å². The summed E-state index contributed by atoms with van der Waals surface area (Å²) in [6, 6.07) is 7.98. The number of halogens is 3. The highest BCUT2D eigenvalue weighted by molar-refractivity contribution is 9.10. The van der Waals surface area contributed by atoms with Crippen LogP contribution in [0.4, 0.5) is 8.78 Å². The Bertz CT molecular complexity index is 655. The molecule has 21 heavy (non-hydrogen) atoms. The predicted octanol–water partition coefficient (Wildman–Crippen LogP) is 5.04. The second-order valence-electron chi connectivity index (χ2n) is 5.07. The van der Waals surface area contributed by atoms with Crippen LogP contribution in [-0.4, -0.2) is 6.54 Å². The molecule has 0 heterocycles. The third-order valence-electron chi connectivity index (χ3n) is 3.72. The van der Waals surface area contributed by atoms with Crippen LogP contribution in [0, 0.1) is 25.5 Å². The van der Waals surface area contributed by atoms with E-state index in [9.17, 15) is 8.78 Å². The van der Waals surface area contributed by atoms with E-state index in [4.69, 9.17) is 0 Å². The first-order valence-electron chi connectivity index (χ1n) is 6.89. The van der Waals surface area contributed by atoms with Gasteiger partial charge in [0.2, 0.25) is 0 Å². The lowest BCUT2D eigenvalue weighted by Crippen LogP contribution is -2.24. The van der Waals surface area contributed by atoms with E-state index in [1.165, 1.54) is 12.1 Å². The molecule has 2 aromatic carbocycles. The van der Waals surface area contributed by atoms with Gasteiger partial charge < -0.3 is 5.32 Å². The Balaban J connectivity index is 2.59. The van der Waals surface area contributed by atoms with Crippen LogP contribution < -0.4 is 5.32 Å². The minimum Gasteiger partial charge on any atom is -0.306 e. The first kappa shape index (κ1) is 16.1. The van der Waals surface area contributed by atoms with Crippen molar-refractivity contribution >= 4 is 15.9 Å². The lowest BCUT2D eigenvalue weighted by atomic mass is 9.92. The van der Waals surface area contributed by atoms with E-state index in [0.717, 1.165) is 16.7 Å². The van der Waals surface area contributed by atoms with E-state index < -0.39 is 11.6 Å². The molecule has 0 bridgehead atoms. The number of hydrogen-bond donors (Lipinski definition) is 1. The molecule has 0 radical (unpaired) electrons. The minimum absolute atomic E-state index is 0.139. The highest BCUT2D eigenvalue weighted by Crippen LogP contribution is 2.31. The van der Waals surface area contributed by atoms with Gasteiger partial charge in [-0.15, -0.1) is 0 Å². The summed E-state index contributed by atoms with van der Waals surface area (Å²) in [7, 11) is 0. The topological polar surface area (TPSA) is 12.0 Å². The van der Waals surface area contributed by atoms with Crippen LogP contribution >= 0.6 is 15.9 Å². The number of hydrogen-bond acceptors (Lipinski definition) is 1. The van der Waals surface area contributed by atoms with Gasteiger partial charge in [0, 0.05) is 5.56 Å². The molecule has 1 nitrogen and oxygen atoms in total. The molecule has 0 saturated carbocycles. The van der Waals surface area contributed by atoms with Crippen molar-refractivity contribution in [2.45, 2.75) is 26.8 Å². The molecule has 0 spiro atoms. The fourth-order valence-electron chi connectivity index (χ4n) is 2.44. The predicted molar refractivity (Wildman–Crippen MR) is 85.5 cm³/mol. The fourth-order valence-corrected chi connectivity index (χ4v) is 2.75. The Labute approximate surface area is 132 Å². The summed E-state index contributed by atoms with van der Waals surface area (Å²) in [6.07, 6.45) is 0. The normalized spacial score (nSPS) is 12.5. The molecule has 0 fully saturated rings. The maximum atomic E-state index is 14.3. The van der Waals surface area contributed by atoms with Crippen LogP contribution in [0.25, 0.3) is 0 Å². The molecule has 2 rings (SSSR count). The first-order valence-corrected chi connectivity index (χ1v) is 7.69. The van der Waals surface area contributed by atoms with Crippen molar-refractivity contribution in [1.29, 1.82) is 0 Å². The van der Waals surface area contributed by atoms with Gasteiger partial charge in [0.25, 0.3) is 0 Å². The maximum Gasteiger partial charge on any atom is 0.137 e. The summed E-state index contributed by atoms with van der Waals surface area (Å²) in [4.78, 5) is 0. The molecular formula is C17H18BrF2N. The summed E-state index contributed by atoms with van der Waals surface area (Å²) in [5, 5.41) is 3.25. The number of benzene rings is 2. The van der Waals surface area contributed by atoms with E-state index in [1.54, 1.807) is 0 Å². The Morgan fingerprint density at radius 3 is 2.48 bits per heavy atom. The van der Waals surface area contributed by atoms with E-state index in [2.05, 4.69) is 21.2 Å². The summed E-state index contributed by atoms with van der Waals surface area (Å²) < 4.78 is 28.2. The molecular weight excluding hydrogens is 336 g/mol. The maximum absolute atomic E-state index is 14.3. The molecule has 0 saturated heterocycles. The summed E-state index contributed by atoms with van der Waals surface area (Å²) in [5.74, 6) is -0.880. The molecule has 0 aromatic heterocycles. The second-order valence-corrected chi connectivity index (χ2v) is 5.92. The third kappa shape index (κ3) is 3.33. The molecule has 0 aliphatic carbocycles. The quantitative estimate of drug-likeness (QED) is 0.759. The Hall–Kier alpha value is -1.26. The van der Waals surface area contributed by atoms with Gasteiger partial charge in [0.15, 0.2) is 0 Å². The SMILES string of the molecule is CCNC(c1cc(F)c(Br)cc1F)c1cccc(C)c1C. The van der Waals surface area contributed by atoms with E-state index >= 15 is 0 Å². The average molecular weight is 354 g/mol. The zero-order valence-electron chi connectivity index (χ0n) is 12.3. The molecule has 4 heteroatoms. The van der Waals surface area contributed by atoms with Crippen molar-refractivity contribution in [1.82, 2.24) is 5.32 Å². The average Bonchev–Trinajstić information content (AvgIpc) is 2.44. The molecule has 1 unspecified atom stereocenters. The lowest BCUT2D eigenvalue weighted by Gasteiger charge is -2.22. The summed E-state index contributed by atoms with van der Waals surface area (Å²) in [6.45, 7) is 6.63. The molecule has 0 aliphatic heterocycles. The van der Waals surface area contributed by atoms with Crippen molar-refractivity contribution < 1.29 is 8.78 Å². The van der Waals surface area contributed by atoms with Crippen molar-refractivity contribution in [3.05, 3.63) is 68.7 Å². The monoisotopic (exact) mass is 353 g/mol. The van der Waals surface area contributed by atoms with Gasteiger partial charge in [-0.1, -0.05) is 25.1 Å². The van der Waals surface area contributed by atoms with Crippen LogP contribution in [-0.2, 0) is 0 Å². The van der Waals surface area contributed by atoms with Crippen molar-refractivity contribution in [3.63, 3.8) is 0 Å². The lowest BCUT2D eigenvalue weighted by molar-refractivity contribution is 0.541. The van der Waals surface area contributed by atoms with Crippen molar-refractivity contribution in [2.24, 2.45) is 0 Å². The smallest absolute Gasteiger partial charge is 0.137 e. The van der Waals surface area contributed by atoms with Gasteiger partial charge in [-0.3, -0.25) is 0 Å². The van der Waals surface area contributed by atoms with Gasteiger partial charge in [0.05, 0.1) is 10.5 Å². The molecule has 2 aromatic rings. The van der Waals surface area contributed by atoms with E-state index in [-0.39, 0.29) is 10.5 Å². The molecule has 0 aliphatic rings. The van der Waals surface area contributed by atoms with Gasteiger partial charge in [0.1, 0.15) is 11.6 Å². The Morgan fingerprint density at radius 1 is 1.10 bits per heavy atom. The van der Waals surface area contributed by atoms with E-state index in [1.807, 2.05) is 39.0 Å². The molecule has 112 valence electrons. The van der Waals surface area contributed by atoms with Crippen LogP contribution in [0.2, 0.25) is 0 Å². The third-order valence-corrected chi connectivity index (χ3v) is 4.32. The standard InChI is InChI=1S/C17H18BrF2N/c1-4-21-17(12-7-5-6-10(2)11(12)3)13-8-16(20)14(18)9-15(13)19/h5-9,17,21H,4H2,1-3H3. The van der Waals surface area contributed by atoms with Gasteiger partial charge in [-0.2, -0.15) is 0 Å². The van der Waals surface area contributed by atoms with Crippen LogP contribution in [0.15, 0.2) is 34.8 Å². The summed E-state index contributed by atoms with van der Waals surface area (Å²) >= 11 is 3.02. The number of nitrogens with one attached hydrogen (secondary N) is 1. The minimum atomic E-state index is -0.459. The van der Waals surface area contributed by atoms with Crippen LogP contribution in [0.5, 0.6) is 0 Å². The summed E-state index contributed by atoms with van der Waals surface area (Å²) in [5.41, 5.74) is 3.52. The van der Waals surface area contributed by atoms with Crippen LogP contribution in [0.1, 0.15) is 35.2 Å². The largest absolute Gasteiger partial charge is 0.306 e. The van der Waals surface area contributed by atoms with Gasteiger partial charge in [-0.05, 0) is 65.1 Å². The zero-order chi connectivity index (χ0) is 15.6. The van der Waals surface area contributed by atoms with Crippen molar-refractivity contribution in [3.8, 4) is 0 Å². The highest BCUT2D eigenvalue weighted by atomic mass is 79.9. The second kappa shape index (κ2) is 6.67. The Kier molecular flexibility index (Phi) is 5.12. The number of rotatable bonds is 4. The van der Waals surface area contributed by atoms with Crippen LogP contribution in [0.3, 0.4) is 0 Å². The van der Waals surface area contributed by atoms with Gasteiger partial charge in [-0.25, -0.2) is 8.78 Å². The number of aryl methyl sites for hydroxylation is 1. The zero-order valence-corrected chi connectivity index (χ0v) is 13.9. The molecule has 1 atom stereocenters. The van der Waals surface area contributed by atoms with Gasteiger partial charge >= 0.3 is 0 Å². The molecule has 0 amide bonds.